The number of hydrogen-bond donors (Lipinski definition) is 2. The number of rotatable bonds is 4. The van der Waals surface area contributed by atoms with E-state index in [1.165, 1.54) is 11.3 Å². The fraction of sp³-hybridized carbons (Fsp3) is 0.278. The number of carbonyl (C=O) groups excluding carboxylic acids is 2. The summed E-state index contributed by atoms with van der Waals surface area (Å²) >= 11 is 3.04. The molecule has 8 heteroatoms. The highest BCUT2D eigenvalue weighted by Gasteiger charge is 2.26. The summed E-state index contributed by atoms with van der Waals surface area (Å²) < 4.78 is 0. The average molecular weight is 387 g/mol. The van der Waals surface area contributed by atoms with Gasteiger partial charge in [-0.05, 0) is 41.8 Å². The lowest BCUT2D eigenvalue weighted by Crippen LogP contribution is -2.46. The number of aromatic nitrogens is 2. The number of aromatic amines is 1. The average Bonchev–Trinajstić information content (AvgIpc) is 3.43. The van der Waals surface area contributed by atoms with Gasteiger partial charge in [0.05, 0.1) is 15.4 Å². The molecule has 0 aliphatic carbocycles. The summed E-state index contributed by atoms with van der Waals surface area (Å²) in [4.78, 5) is 28.4. The van der Waals surface area contributed by atoms with E-state index in [0.29, 0.717) is 18.8 Å². The second kappa shape index (κ2) is 7.43. The van der Waals surface area contributed by atoms with E-state index in [2.05, 4.69) is 15.5 Å². The molecule has 0 saturated carbocycles. The minimum Gasteiger partial charge on any atom is -0.348 e. The van der Waals surface area contributed by atoms with Crippen molar-refractivity contribution in [3.05, 3.63) is 51.7 Å². The van der Waals surface area contributed by atoms with Crippen molar-refractivity contribution in [1.29, 1.82) is 0 Å². The van der Waals surface area contributed by atoms with Gasteiger partial charge in [0.25, 0.3) is 11.8 Å². The quantitative estimate of drug-likeness (QED) is 0.723. The van der Waals surface area contributed by atoms with Crippen LogP contribution >= 0.6 is 22.7 Å². The fourth-order valence-electron chi connectivity index (χ4n) is 3.04. The number of likely N-dealkylation sites (tertiary alicyclic amines) is 1. The van der Waals surface area contributed by atoms with Gasteiger partial charge in [0.1, 0.15) is 0 Å². The highest BCUT2D eigenvalue weighted by Crippen LogP contribution is 2.24. The number of hydrogen-bond acceptors (Lipinski definition) is 5. The molecule has 1 aliphatic heterocycles. The molecular weight excluding hydrogens is 368 g/mol. The van der Waals surface area contributed by atoms with Crippen LogP contribution in [-0.2, 0) is 0 Å². The molecular formula is C18H18N4O2S2. The number of carbonyl (C=O) groups is 2. The lowest BCUT2D eigenvalue weighted by Gasteiger charge is -2.31. The predicted molar refractivity (Wildman–Crippen MR) is 103 cm³/mol. The Labute approximate surface area is 158 Å². The van der Waals surface area contributed by atoms with Crippen molar-refractivity contribution >= 4 is 34.5 Å². The first-order valence-corrected chi connectivity index (χ1v) is 10.2. The summed E-state index contributed by atoms with van der Waals surface area (Å²) in [5, 5.41) is 14.0. The van der Waals surface area contributed by atoms with Gasteiger partial charge in [-0.3, -0.25) is 14.7 Å². The molecule has 3 aromatic rings. The number of nitrogens with zero attached hydrogens (tertiary/aromatic N) is 2. The van der Waals surface area contributed by atoms with E-state index in [-0.39, 0.29) is 17.9 Å². The van der Waals surface area contributed by atoms with Crippen LogP contribution in [0.5, 0.6) is 0 Å². The molecule has 1 fully saturated rings. The standard InChI is InChI=1S/C18H18N4O2S2/c23-17(16-4-2-10-26-16)19-12-5-7-22(8-6-12)18(24)14-11-13(20-21-14)15-3-1-9-25-15/h1-4,9-12H,5-8H2,(H,19,23)(H,20,21). The van der Waals surface area contributed by atoms with E-state index in [1.54, 1.807) is 17.4 Å². The van der Waals surface area contributed by atoms with Gasteiger partial charge in [-0.2, -0.15) is 5.10 Å². The molecule has 1 saturated heterocycles. The van der Waals surface area contributed by atoms with Crippen molar-refractivity contribution in [3.8, 4) is 10.6 Å². The highest BCUT2D eigenvalue weighted by atomic mass is 32.1. The van der Waals surface area contributed by atoms with Crippen LogP contribution in [0, 0.1) is 0 Å². The summed E-state index contributed by atoms with van der Waals surface area (Å²) in [5.74, 6) is -0.0928. The summed E-state index contributed by atoms with van der Waals surface area (Å²) in [6, 6.07) is 9.57. The Balaban J connectivity index is 1.33. The fourth-order valence-corrected chi connectivity index (χ4v) is 4.36. The van der Waals surface area contributed by atoms with Crippen LogP contribution in [0.3, 0.4) is 0 Å². The first kappa shape index (κ1) is 17.0. The number of amides is 2. The van der Waals surface area contributed by atoms with Gasteiger partial charge in [0.2, 0.25) is 0 Å². The van der Waals surface area contributed by atoms with Gasteiger partial charge in [-0.15, -0.1) is 22.7 Å². The van der Waals surface area contributed by atoms with Crippen LogP contribution in [0.15, 0.2) is 41.1 Å². The Morgan fingerprint density at radius 2 is 1.92 bits per heavy atom. The Bertz CT molecular complexity index is 878. The van der Waals surface area contributed by atoms with Gasteiger partial charge in [0.15, 0.2) is 5.69 Å². The third-order valence-corrected chi connectivity index (χ3v) is 6.22. The monoisotopic (exact) mass is 386 g/mol. The zero-order valence-electron chi connectivity index (χ0n) is 14.0. The molecule has 3 aromatic heterocycles. The molecule has 4 heterocycles. The van der Waals surface area contributed by atoms with Crippen molar-refractivity contribution < 1.29 is 9.59 Å². The number of nitrogens with one attached hydrogen (secondary N) is 2. The molecule has 26 heavy (non-hydrogen) atoms. The SMILES string of the molecule is O=C(NC1CCN(C(=O)c2cc(-c3cccs3)[nH]n2)CC1)c1cccs1. The van der Waals surface area contributed by atoms with Crippen molar-refractivity contribution in [3.63, 3.8) is 0 Å². The molecule has 4 rings (SSSR count). The van der Waals surface area contributed by atoms with E-state index in [4.69, 9.17) is 0 Å². The van der Waals surface area contributed by atoms with E-state index >= 15 is 0 Å². The number of piperidine rings is 1. The molecule has 0 aromatic carbocycles. The molecule has 0 spiro atoms. The van der Waals surface area contributed by atoms with Crippen molar-refractivity contribution in [2.45, 2.75) is 18.9 Å². The molecule has 2 N–H and O–H groups in total. The van der Waals surface area contributed by atoms with Gasteiger partial charge < -0.3 is 10.2 Å². The molecule has 1 aliphatic rings. The molecule has 2 amide bonds. The molecule has 6 nitrogen and oxygen atoms in total. The maximum absolute atomic E-state index is 12.7. The normalized spacial score (nSPS) is 15.2. The van der Waals surface area contributed by atoms with Crippen molar-refractivity contribution in [2.75, 3.05) is 13.1 Å². The Morgan fingerprint density at radius 3 is 2.62 bits per heavy atom. The minimum atomic E-state index is -0.0629. The summed E-state index contributed by atoms with van der Waals surface area (Å²) in [5.41, 5.74) is 1.30. The lowest BCUT2D eigenvalue weighted by molar-refractivity contribution is 0.0692. The maximum Gasteiger partial charge on any atom is 0.274 e. The second-order valence-electron chi connectivity index (χ2n) is 6.16. The first-order chi connectivity index (χ1) is 12.7. The first-order valence-electron chi connectivity index (χ1n) is 8.43. The minimum absolute atomic E-state index is 0.0299. The van der Waals surface area contributed by atoms with Crippen LogP contribution < -0.4 is 5.32 Å². The van der Waals surface area contributed by atoms with Crippen LogP contribution in [0.2, 0.25) is 0 Å². The third kappa shape index (κ3) is 3.56. The lowest BCUT2D eigenvalue weighted by atomic mass is 10.0. The Hall–Kier alpha value is -2.45. The molecule has 134 valence electrons. The molecule has 0 bridgehead atoms. The third-order valence-electron chi connectivity index (χ3n) is 4.45. The number of thiophene rings is 2. The molecule has 0 atom stereocenters. The summed E-state index contributed by atoms with van der Waals surface area (Å²) in [7, 11) is 0. The largest absolute Gasteiger partial charge is 0.348 e. The zero-order valence-corrected chi connectivity index (χ0v) is 15.6. The number of H-pyrrole nitrogens is 1. The van der Waals surface area contributed by atoms with Crippen molar-refractivity contribution in [2.24, 2.45) is 0 Å². The topological polar surface area (TPSA) is 78.1 Å². The van der Waals surface area contributed by atoms with Crippen LogP contribution in [-0.4, -0.2) is 46.0 Å². The smallest absolute Gasteiger partial charge is 0.274 e. The van der Waals surface area contributed by atoms with E-state index in [1.807, 2.05) is 39.9 Å². The Kier molecular flexibility index (Phi) is 4.85. The maximum atomic E-state index is 12.7. The predicted octanol–water partition coefficient (Wildman–Crippen LogP) is 3.23. The van der Waals surface area contributed by atoms with Gasteiger partial charge in [-0.1, -0.05) is 12.1 Å². The van der Waals surface area contributed by atoms with Gasteiger partial charge >= 0.3 is 0 Å². The van der Waals surface area contributed by atoms with Crippen LogP contribution in [0.1, 0.15) is 33.0 Å². The van der Waals surface area contributed by atoms with Crippen LogP contribution in [0.4, 0.5) is 0 Å². The second-order valence-corrected chi connectivity index (χ2v) is 8.06. The molecule has 0 unspecified atom stereocenters. The summed E-state index contributed by atoms with van der Waals surface area (Å²) in [6.07, 6.45) is 1.51. The molecule has 0 radical (unpaired) electrons. The van der Waals surface area contributed by atoms with Gasteiger partial charge in [0, 0.05) is 19.1 Å². The van der Waals surface area contributed by atoms with Crippen LogP contribution in [0.25, 0.3) is 10.6 Å². The van der Waals surface area contributed by atoms with Crippen molar-refractivity contribution in [1.82, 2.24) is 20.4 Å². The van der Waals surface area contributed by atoms with E-state index in [0.717, 1.165) is 28.3 Å². The Morgan fingerprint density at radius 1 is 1.15 bits per heavy atom. The zero-order chi connectivity index (χ0) is 17.9. The highest BCUT2D eigenvalue weighted by molar-refractivity contribution is 7.13. The van der Waals surface area contributed by atoms with E-state index in [9.17, 15) is 9.59 Å². The summed E-state index contributed by atoms with van der Waals surface area (Å²) in [6.45, 7) is 1.24. The van der Waals surface area contributed by atoms with Gasteiger partial charge in [-0.25, -0.2) is 0 Å². The van der Waals surface area contributed by atoms with E-state index < -0.39 is 0 Å².